The highest BCUT2D eigenvalue weighted by Gasteiger charge is 2.23. The van der Waals surface area contributed by atoms with Crippen LogP contribution in [0.1, 0.15) is 34.6 Å². The third kappa shape index (κ3) is 6.42. The van der Waals surface area contributed by atoms with Crippen LogP contribution in [-0.4, -0.2) is 10.5 Å². The Morgan fingerprint density at radius 1 is 0.738 bits per heavy atom. The van der Waals surface area contributed by atoms with Crippen molar-refractivity contribution in [2.24, 2.45) is 0 Å². The molecule has 0 radical (unpaired) electrons. The number of benzene rings is 5. The Kier molecular flexibility index (Phi) is 8.09. The summed E-state index contributed by atoms with van der Waals surface area (Å²) in [5.74, 6) is 0.954. The zero-order chi connectivity index (χ0) is 28.7. The largest absolute Gasteiger partial charge is 0.457 e. The Bertz CT molecular complexity index is 1780. The molecule has 4 nitrogen and oxygen atoms in total. The van der Waals surface area contributed by atoms with Gasteiger partial charge in [-0.25, -0.2) is 4.39 Å². The molecule has 0 fully saturated rings. The SMILES string of the molecule is O=C(CC(c1cccc(Oc2ccccc2)c1)c1cn(Cc2ccc(F)cc2)c2ccccc12)NCc1ccccc1. The minimum atomic E-state index is -0.254. The Morgan fingerprint density at radius 3 is 2.21 bits per heavy atom. The second-order valence-corrected chi connectivity index (χ2v) is 10.4. The number of hydrogen-bond donors (Lipinski definition) is 1. The van der Waals surface area contributed by atoms with Crippen molar-refractivity contribution in [3.63, 3.8) is 0 Å². The van der Waals surface area contributed by atoms with Crippen molar-refractivity contribution in [2.75, 3.05) is 0 Å². The van der Waals surface area contributed by atoms with Gasteiger partial charge in [0, 0.05) is 42.5 Å². The molecule has 0 aliphatic heterocycles. The first-order valence-corrected chi connectivity index (χ1v) is 14.1. The molecule has 0 aliphatic carbocycles. The Balaban J connectivity index is 1.36. The van der Waals surface area contributed by atoms with Gasteiger partial charge in [0.1, 0.15) is 17.3 Å². The normalized spacial score (nSPS) is 11.7. The third-order valence-electron chi connectivity index (χ3n) is 7.42. The lowest BCUT2D eigenvalue weighted by molar-refractivity contribution is -0.121. The number of carbonyl (C=O) groups excluding carboxylic acids is 1. The van der Waals surface area contributed by atoms with Crippen molar-refractivity contribution in [1.82, 2.24) is 9.88 Å². The molecule has 6 aromatic rings. The minimum absolute atomic E-state index is 0.0337. The second-order valence-electron chi connectivity index (χ2n) is 10.4. The summed E-state index contributed by atoms with van der Waals surface area (Å²) >= 11 is 0. The maximum absolute atomic E-state index is 13.6. The number of carbonyl (C=O) groups is 1. The molecule has 5 heteroatoms. The predicted octanol–water partition coefficient (Wildman–Crippen LogP) is 8.46. The summed E-state index contributed by atoms with van der Waals surface area (Å²) in [6, 6.07) is 42.4. The molecule has 0 bridgehead atoms. The molecule has 1 heterocycles. The van der Waals surface area contributed by atoms with E-state index in [1.807, 2.05) is 103 Å². The molecule has 6 rings (SSSR count). The quantitative estimate of drug-likeness (QED) is 0.185. The van der Waals surface area contributed by atoms with Crippen LogP contribution in [0.5, 0.6) is 11.5 Å². The number of para-hydroxylation sites is 2. The first kappa shape index (κ1) is 27.0. The van der Waals surface area contributed by atoms with E-state index in [-0.39, 0.29) is 24.1 Å². The molecule has 208 valence electrons. The topological polar surface area (TPSA) is 43.3 Å². The Morgan fingerprint density at radius 2 is 1.43 bits per heavy atom. The first-order valence-electron chi connectivity index (χ1n) is 14.1. The van der Waals surface area contributed by atoms with E-state index in [1.54, 1.807) is 0 Å². The van der Waals surface area contributed by atoms with Crippen LogP contribution in [0.15, 0.2) is 140 Å². The van der Waals surface area contributed by atoms with Crippen LogP contribution in [0.25, 0.3) is 10.9 Å². The van der Waals surface area contributed by atoms with Gasteiger partial charge in [0.2, 0.25) is 5.91 Å². The van der Waals surface area contributed by atoms with E-state index in [9.17, 15) is 9.18 Å². The lowest BCUT2D eigenvalue weighted by Gasteiger charge is -2.18. The Labute approximate surface area is 245 Å². The predicted molar refractivity (Wildman–Crippen MR) is 165 cm³/mol. The second kappa shape index (κ2) is 12.6. The summed E-state index contributed by atoms with van der Waals surface area (Å²) < 4.78 is 21.9. The number of nitrogens with zero attached hydrogens (tertiary/aromatic N) is 1. The van der Waals surface area contributed by atoms with Crippen LogP contribution in [0.2, 0.25) is 0 Å². The van der Waals surface area contributed by atoms with Crippen molar-refractivity contribution in [1.29, 1.82) is 0 Å². The maximum Gasteiger partial charge on any atom is 0.221 e. The van der Waals surface area contributed by atoms with E-state index in [2.05, 4.69) is 34.3 Å². The van der Waals surface area contributed by atoms with E-state index in [0.29, 0.717) is 18.8 Å². The standard InChI is InChI=1S/C37H31FN2O2/c38-30-20-18-28(19-21-30)25-40-26-35(33-16-7-8-17-36(33)40)34(23-37(41)39-24-27-10-3-1-4-11-27)29-12-9-15-32(22-29)42-31-13-5-2-6-14-31/h1-22,26,34H,23-25H2,(H,39,41). The van der Waals surface area contributed by atoms with Gasteiger partial charge >= 0.3 is 0 Å². The van der Waals surface area contributed by atoms with Crippen molar-refractivity contribution >= 4 is 16.8 Å². The van der Waals surface area contributed by atoms with Gasteiger partial charge in [0.25, 0.3) is 0 Å². The molecule has 0 aliphatic rings. The summed E-state index contributed by atoms with van der Waals surface area (Å²) in [4.78, 5) is 13.4. The van der Waals surface area contributed by atoms with E-state index >= 15 is 0 Å². The van der Waals surface area contributed by atoms with E-state index < -0.39 is 0 Å². The summed E-state index contributed by atoms with van der Waals surface area (Å²) in [7, 11) is 0. The molecule has 0 saturated heterocycles. The van der Waals surface area contributed by atoms with Gasteiger partial charge in [0.05, 0.1) is 0 Å². The average molecular weight is 555 g/mol. The molecule has 42 heavy (non-hydrogen) atoms. The fraction of sp³-hybridized carbons (Fsp3) is 0.108. The summed E-state index contributed by atoms with van der Waals surface area (Å²) in [5.41, 5.74) is 5.15. The van der Waals surface area contributed by atoms with Gasteiger partial charge in [-0.05, 0) is 64.7 Å². The molecule has 5 aromatic carbocycles. The number of amides is 1. The number of halogens is 1. The molecule has 1 unspecified atom stereocenters. The van der Waals surface area contributed by atoms with E-state index in [0.717, 1.165) is 38.9 Å². The summed E-state index contributed by atoms with van der Waals surface area (Å²) in [6.45, 7) is 1.06. The highest BCUT2D eigenvalue weighted by atomic mass is 19.1. The van der Waals surface area contributed by atoms with Crippen LogP contribution in [0.4, 0.5) is 4.39 Å². The molecule has 1 atom stereocenters. The maximum atomic E-state index is 13.6. The summed E-state index contributed by atoms with van der Waals surface area (Å²) in [5, 5.41) is 4.19. The molecule has 0 spiro atoms. The molecule has 0 saturated carbocycles. The molecule has 1 amide bonds. The van der Waals surface area contributed by atoms with Crippen LogP contribution in [-0.2, 0) is 17.9 Å². The van der Waals surface area contributed by atoms with Crippen molar-refractivity contribution < 1.29 is 13.9 Å². The van der Waals surface area contributed by atoms with Gasteiger partial charge < -0.3 is 14.6 Å². The number of hydrogen-bond acceptors (Lipinski definition) is 2. The number of ether oxygens (including phenoxy) is 1. The van der Waals surface area contributed by atoms with Crippen molar-refractivity contribution in [3.05, 3.63) is 168 Å². The smallest absolute Gasteiger partial charge is 0.221 e. The van der Waals surface area contributed by atoms with Gasteiger partial charge in [0.15, 0.2) is 0 Å². The summed E-state index contributed by atoms with van der Waals surface area (Å²) in [6.07, 6.45) is 2.40. The number of nitrogens with one attached hydrogen (secondary N) is 1. The fourth-order valence-corrected chi connectivity index (χ4v) is 5.35. The molecular weight excluding hydrogens is 523 g/mol. The third-order valence-corrected chi connectivity index (χ3v) is 7.42. The monoisotopic (exact) mass is 554 g/mol. The lowest BCUT2D eigenvalue weighted by Crippen LogP contribution is -2.25. The van der Waals surface area contributed by atoms with Crippen LogP contribution in [0.3, 0.4) is 0 Å². The minimum Gasteiger partial charge on any atom is -0.457 e. The van der Waals surface area contributed by atoms with Crippen molar-refractivity contribution in [2.45, 2.75) is 25.4 Å². The van der Waals surface area contributed by atoms with E-state index in [1.165, 1.54) is 12.1 Å². The van der Waals surface area contributed by atoms with Gasteiger partial charge in [-0.15, -0.1) is 0 Å². The van der Waals surface area contributed by atoms with Crippen LogP contribution >= 0.6 is 0 Å². The van der Waals surface area contributed by atoms with Gasteiger partial charge in [-0.2, -0.15) is 0 Å². The molecular formula is C37H31FN2O2. The zero-order valence-corrected chi connectivity index (χ0v) is 23.1. The lowest BCUT2D eigenvalue weighted by atomic mass is 9.88. The van der Waals surface area contributed by atoms with Gasteiger partial charge in [-0.3, -0.25) is 4.79 Å². The number of aromatic nitrogens is 1. The highest BCUT2D eigenvalue weighted by Crippen LogP contribution is 2.37. The van der Waals surface area contributed by atoms with Gasteiger partial charge in [-0.1, -0.05) is 91.0 Å². The van der Waals surface area contributed by atoms with Crippen LogP contribution < -0.4 is 10.1 Å². The number of fused-ring (bicyclic) bond motifs is 1. The molecule has 1 aromatic heterocycles. The van der Waals surface area contributed by atoms with Crippen LogP contribution in [0, 0.1) is 5.82 Å². The Hall–Kier alpha value is -5.16. The molecule has 1 N–H and O–H groups in total. The highest BCUT2D eigenvalue weighted by molar-refractivity contribution is 5.87. The number of rotatable bonds is 10. The van der Waals surface area contributed by atoms with E-state index in [4.69, 9.17) is 4.74 Å². The van der Waals surface area contributed by atoms with Crippen molar-refractivity contribution in [3.8, 4) is 11.5 Å². The average Bonchev–Trinajstić information content (AvgIpc) is 3.39. The fourth-order valence-electron chi connectivity index (χ4n) is 5.35. The first-order chi connectivity index (χ1) is 20.6. The zero-order valence-electron chi connectivity index (χ0n) is 23.1.